The van der Waals surface area contributed by atoms with Crippen LogP contribution in [0.25, 0.3) is 0 Å². The van der Waals surface area contributed by atoms with Crippen molar-refractivity contribution in [1.82, 2.24) is 0 Å². The van der Waals surface area contributed by atoms with Gasteiger partial charge in [-0.2, -0.15) is 0 Å². The molecule has 0 aliphatic heterocycles. The minimum absolute atomic E-state index is 0.0218. The fourth-order valence-corrected chi connectivity index (χ4v) is 2.90. The molecular formula is C14H20O4S. The second-order valence-corrected chi connectivity index (χ2v) is 6.86. The Hall–Kier alpha value is -1.36. The second kappa shape index (κ2) is 6.70. The van der Waals surface area contributed by atoms with Crippen molar-refractivity contribution in [2.75, 3.05) is 18.1 Å². The highest BCUT2D eigenvalue weighted by atomic mass is 32.2. The van der Waals surface area contributed by atoms with E-state index in [2.05, 4.69) is 0 Å². The molecule has 0 aromatic heterocycles. The lowest BCUT2D eigenvalue weighted by atomic mass is 10.1. The lowest BCUT2D eigenvalue weighted by Crippen LogP contribution is -2.17. The highest BCUT2D eigenvalue weighted by Crippen LogP contribution is 2.20. The van der Waals surface area contributed by atoms with Crippen molar-refractivity contribution in [3.05, 3.63) is 29.3 Å². The zero-order valence-electron chi connectivity index (χ0n) is 11.6. The third-order valence-corrected chi connectivity index (χ3v) is 4.50. The van der Waals surface area contributed by atoms with Crippen molar-refractivity contribution < 1.29 is 17.9 Å². The van der Waals surface area contributed by atoms with Crippen LogP contribution in [0.15, 0.2) is 18.2 Å². The van der Waals surface area contributed by atoms with Gasteiger partial charge in [0.1, 0.15) is 12.4 Å². The molecule has 0 unspecified atom stereocenters. The molecule has 5 heteroatoms. The molecule has 0 atom stereocenters. The number of aryl methyl sites for hydroxylation is 1. The number of rotatable bonds is 7. The van der Waals surface area contributed by atoms with Crippen LogP contribution in [-0.4, -0.2) is 32.3 Å². The maximum Gasteiger partial charge on any atom is 0.163 e. The van der Waals surface area contributed by atoms with Crippen molar-refractivity contribution in [3.8, 4) is 5.75 Å². The van der Waals surface area contributed by atoms with Gasteiger partial charge in [-0.1, -0.05) is 18.6 Å². The molecule has 1 aromatic carbocycles. The van der Waals surface area contributed by atoms with Crippen LogP contribution >= 0.6 is 0 Å². The monoisotopic (exact) mass is 284 g/mol. The number of sulfone groups is 1. The van der Waals surface area contributed by atoms with Crippen LogP contribution in [0, 0.1) is 6.92 Å². The van der Waals surface area contributed by atoms with Crippen LogP contribution in [0.4, 0.5) is 0 Å². The number of hydrogen-bond acceptors (Lipinski definition) is 4. The standard InChI is InChI=1S/C14H20O4S/c1-4-8-19(16,17)9-7-18-14-6-5-11(2)10-13(14)12(3)15/h5-6,10H,4,7-9H2,1-3H3. The zero-order valence-corrected chi connectivity index (χ0v) is 12.4. The van der Waals surface area contributed by atoms with E-state index < -0.39 is 9.84 Å². The number of carbonyl (C=O) groups excluding carboxylic acids is 1. The van der Waals surface area contributed by atoms with Gasteiger partial charge in [0.05, 0.1) is 17.1 Å². The summed E-state index contributed by atoms with van der Waals surface area (Å²) in [5.74, 6) is 0.510. The summed E-state index contributed by atoms with van der Waals surface area (Å²) in [5.41, 5.74) is 1.46. The lowest BCUT2D eigenvalue weighted by Gasteiger charge is -2.10. The Balaban J connectivity index is 2.71. The Bertz CT molecular complexity index is 547. The number of Topliss-reactive ketones (excluding diaryl/α,β-unsaturated/α-hetero) is 1. The Labute approximate surface area is 114 Å². The molecule has 19 heavy (non-hydrogen) atoms. The van der Waals surface area contributed by atoms with E-state index >= 15 is 0 Å². The van der Waals surface area contributed by atoms with Crippen molar-refractivity contribution in [2.24, 2.45) is 0 Å². The minimum atomic E-state index is -3.05. The highest BCUT2D eigenvalue weighted by Gasteiger charge is 2.12. The van der Waals surface area contributed by atoms with Gasteiger partial charge in [0, 0.05) is 0 Å². The summed E-state index contributed by atoms with van der Waals surface area (Å²) >= 11 is 0. The molecule has 1 aromatic rings. The van der Waals surface area contributed by atoms with Gasteiger partial charge in [0.2, 0.25) is 0 Å². The minimum Gasteiger partial charge on any atom is -0.492 e. The Morgan fingerprint density at radius 1 is 1.26 bits per heavy atom. The molecule has 0 saturated carbocycles. The van der Waals surface area contributed by atoms with Gasteiger partial charge in [0.25, 0.3) is 0 Å². The van der Waals surface area contributed by atoms with Gasteiger partial charge < -0.3 is 4.74 Å². The molecule has 0 amide bonds. The summed E-state index contributed by atoms with van der Waals surface area (Å²) in [6, 6.07) is 5.29. The topological polar surface area (TPSA) is 60.4 Å². The van der Waals surface area contributed by atoms with Gasteiger partial charge in [-0.3, -0.25) is 4.79 Å². The summed E-state index contributed by atoms with van der Waals surface area (Å²) in [6.45, 7) is 5.26. The fourth-order valence-electron chi connectivity index (χ4n) is 1.74. The molecule has 4 nitrogen and oxygen atoms in total. The van der Waals surface area contributed by atoms with Crippen molar-refractivity contribution >= 4 is 15.6 Å². The first-order valence-corrected chi connectivity index (χ1v) is 8.12. The van der Waals surface area contributed by atoms with Gasteiger partial charge in [-0.25, -0.2) is 8.42 Å². The van der Waals surface area contributed by atoms with Gasteiger partial charge in [-0.05, 0) is 32.4 Å². The van der Waals surface area contributed by atoms with Gasteiger partial charge in [0.15, 0.2) is 15.6 Å². The van der Waals surface area contributed by atoms with E-state index in [4.69, 9.17) is 4.74 Å². The number of carbonyl (C=O) groups is 1. The first-order chi connectivity index (χ1) is 8.85. The summed E-state index contributed by atoms with van der Waals surface area (Å²) < 4.78 is 28.5. The van der Waals surface area contributed by atoms with Crippen LogP contribution in [-0.2, 0) is 9.84 Å². The van der Waals surface area contributed by atoms with Crippen LogP contribution in [0.3, 0.4) is 0 Å². The van der Waals surface area contributed by atoms with E-state index in [-0.39, 0.29) is 23.9 Å². The molecule has 0 N–H and O–H groups in total. The number of ether oxygens (including phenoxy) is 1. The SMILES string of the molecule is CCCS(=O)(=O)CCOc1ccc(C)cc1C(C)=O. The van der Waals surface area contributed by atoms with Crippen molar-refractivity contribution in [1.29, 1.82) is 0 Å². The van der Waals surface area contributed by atoms with Crippen LogP contribution in [0.5, 0.6) is 5.75 Å². The van der Waals surface area contributed by atoms with Gasteiger partial charge >= 0.3 is 0 Å². The van der Waals surface area contributed by atoms with E-state index in [1.165, 1.54) is 6.92 Å². The summed E-state index contributed by atoms with van der Waals surface area (Å²) in [7, 11) is -3.05. The van der Waals surface area contributed by atoms with Crippen LogP contribution < -0.4 is 4.74 Å². The normalized spacial score (nSPS) is 11.3. The lowest BCUT2D eigenvalue weighted by molar-refractivity contribution is 0.101. The second-order valence-electron chi connectivity index (χ2n) is 4.56. The highest BCUT2D eigenvalue weighted by molar-refractivity contribution is 7.91. The van der Waals surface area contributed by atoms with E-state index in [0.29, 0.717) is 17.7 Å². The zero-order chi connectivity index (χ0) is 14.5. The van der Waals surface area contributed by atoms with E-state index in [1.54, 1.807) is 12.1 Å². The van der Waals surface area contributed by atoms with E-state index in [9.17, 15) is 13.2 Å². The maximum atomic E-state index is 11.5. The molecule has 0 saturated heterocycles. The average molecular weight is 284 g/mol. The Morgan fingerprint density at radius 2 is 1.95 bits per heavy atom. The summed E-state index contributed by atoms with van der Waals surface area (Å²) in [5, 5.41) is 0. The Morgan fingerprint density at radius 3 is 2.53 bits per heavy atom. The smallest absolute Gasteiger partial charge is 0.163 e. The molecule has 1 rings (SSSR count). The molecule has 0 radical (unpaired) electrons. The number of ketones is 1. The third kappa shape index (κ3) is 5.03. The predicted octanol–water partition coefficient (Wildman–Crippen LogP) is 2.40. The molecular weight excluding hydrogens is 264 g/mol. The van der Waals surface area contributed by atoms with E-state index in [1.807, 2.05) is 19.9 Å². The van der Waals surface area contributed by atoms with Gasteiger partial charge in [-0.15, -0.1) is 0 Å². The predicted molar refractivity (Wildman–Crippen MR) is 75.6 cm³/mol. The summed E-state index contributed by atoms with van der Waals surface area (Å²) in [4.78, 5) is 11.5. The summed E-state index contributed by atoms with van der Waals surface area (Å²) in [6.07, 6.45) is 0.603. The number of hydrogen-bond donors (Lipinski definition) is 0. The molecule has 0 spiro atoms. The molecule has 106 valence electrons. The van der Waals surface area contributed by atoms with E-state index in [0.717, 1.165) is 5.56 Å². The van der Waals surface area contributed by atoms with Crippen molar-refractivity contribution in [2.45, 2.75) is 27.2 Å². The largest absolute Gasteiger partial charge is 0.492 e. The van der Waals surface area contributed by atoms with Crippen LogP contribution in [0.1, 0.15) is 36.2 Å². The third-order valence-electron chi connectivity index (χ3n) is 2.68. The molecule has 0 bridgehead atoms. The molecule has 0 heterocycles. The average Bonchev–Trinajstić information content (AvgIpc) is 2.30. The maximum absolute atomic E-state index is 11.5. The first-order valence-electron chi connectivity index (χ1n) is 6.30. The molecule has 0 fully saturated rings. The molecule has 0 aliphatic rings. The quantitative estimate of drug-likeness (QED) is 0.721. The first kappa shape index (κ1) is 15.7. The Kier molecular flexibility index (Phi) is 5.54. The fraction of sp³-hybridized carbons (Fsp3) is 0.500. The van der Waals surface area contributed by atoms with Crippen LogP contribution in [0.2, 0.25) is 0 Å². The van der Waals surface area contributed by atoms with Crippen molar-refractivity contribution in [3.63, 3.8) is 0 Å². The number of benzene rings is 1. The molecule has 0 aliphatic carbocycles.